The monoisotopic (exact) mass is 585 g/mol. The van der Waals surface area contributed by atoms with Gasteiger partial charge in [0.25, 0.3) is 10.1 Å². The van der Waals surface area contributed by atoms with Crippen molar-refractivity contribution in [3.05, 3.63) is 24.3 Å². The number of nitrogens with one attached hydrogen (secondary N) is 1. The number of hydrogen-bond acceptors (Lipinski definition) is 4. The third-order valence-electron chi connectivity index (χ3n) is 7.37. The van der Waals surface area contributed by atoms with Gasteiger partial charge >= 0.3 is 0 Å². The van der Waals surface area contributed by atoms with E-state index < -0.39 is 28.0 Å². The molecule has 0 spiro atoms. The van der Waals surface area contributed by atoms with Crippen molar-refractivity contribution in [1.29, 1.82) is 0 Å². The number of hydrogen-bond donors (Lipinski definition) is 3. The maximum absolute atomic E-state index is 12.4. The highest BCUT2D eigenvalue weighted by atomic mass is 32.2. The summed E-state index contributed by atoms with van der Waals surface area (Å²) in [5.41, 5.74) is 0. The summed E-state index contributed by atoms with van der Waals surface area (Å²) in [6, 6.07) is -1.05. The molecule has 0 aromatic rings. The molecule has 3 N–H and O–H groups in total. The normalized spacial score (nSPS) is 13.8. The SMILES string of the molecule is CCCCCCCCC/C=C\CCCCCCCC(=O)NC(CS(=O)(=O)O)C(O)/C=C/CCCCCCCCC. The number of aliphatic hydroxyl groups is 1. The lowest BCUT2D eigenvalue weighted by molar-refractivity contribution is -0.122. The van der Waals surface area contributed by atoms with E-state index in [-0.39, 0.29) is 12.3 Å². The standard InChI is InChI=1S/C33H63NO5S/c1-3-5-7-9-11-13-14-15-16-17-18-19-21-23-25-27-29-33(36)34-31(30-40(37,38)39)32(35)28-26-24-22-20-12-10-8-6-4-2/h16-17,26,28,31-32,35H,3-15,18-25,27,29-30H2,1-2H3,(H,34,36)(H,37,38,39)/b17-16-,28-26+. The van der Waals surface area contributed by atoms with Crippen LogP contribution in [-0.2, 0) is 14.9 Å². The van der Waals surface area contributed by atoms with E-state index in [4.69, 9.17) is 0 Å². The fourth-order valence-corrected chi connectivity index (χ4v) is 5.59. The summed E-state index contributed by atoms with van der Waals surface area (Å²) in [5, 5.41) is 13.1. The van der Waals surface area contributed by atoms with Crippen molar-refractivity contribution in [2.75, 3.05) is 5.75 Å². The molecule has 0 saturated heterocycles. The van der Waals surface area contributed by atoms with Crippen molar-refractivity contribution in [3.63, 3.8) is 0 Å². The zero-order valence-electron chi connectivity index (χ0n) is 26.0. The van der Waals surface area contributed by atoms with Gasteiger partial charge in [-0.05, 0) is 44.9 Å². The molecular formula is C33H63NO5S. The number of unbranched alkanes of at least 4 members (excludes halogenated alkanes) is 19. The van der Waals surface area contributed by atoms with Crippen LogP contribution in [0.3, 0.4) is 0 Å². The number of aliphatic hydroxyl groups excluding tert-OH is 1. The van der Waals surface area contributed by atoms with Gasteiger partial charge in [-0.1, -0.05) is 134 Å². The molecule has 2 unspecified atom stereocenters. The molecule has 0 aliphatic carbocycles. The highest BCUT2D eigenvalue weighted by molar-refractivity contribution is 7.85. The van der Waals surface area contributed by atoms with E-state index >= 15 is 0 Å². The molecule has 0 aromatic carbocycles. The van der Waals surface area contributed by atoms with Gasteiger partial charge in [0.05, 0.1) is 17.9 Å². The van der Waals surface area contributed by atoms with Crippen LogP contribution in [0.5, 0.6) is 0 Å². The summed E-state index contributed by atoms with van der Waals surface area (Å²) in [5.74, 6) is -0.991. The molecule has 6 nitrogen and oxygen atoms in total. The van der Waals surface area contributed by atoms with E-state index in [1.54, 1.807) is 0 Å². The number of allylic oxidation sites excluding steroid dienone is 3. The lowest BCUT2D eigenvalue weighted by atomic mass is 10.1. The average Bonchev–Trinajstić information content (AvgIpc) is 2.90. The summed E-state index contributed by atoms with van der Waals surface area (Å²) >= 11 is 0. The first-order valence-corrected chi connectivity index (χ1v) is 18.1. The van der Waals surface area contributed by atoms with Crippen LogP contribution in [0.2, 0.25) is 0 Å². The second-order valence-corrected chi connectivity index (χ2v) is 12.9. The summed E-state index contributed by atoms with van der Waals surface area (Å²) in [4.78, 5) is 12.4. The molecule has 40 heavy (non-hydrogen) atoms. The van der Waals surface area contributed by atoms with Crippen molar-refractivity contribution >= 4 is 16.0 Å². The van der Waals surface area contributed by atoms with Crippen LogP contribution in [0.1, 0.15) is 162 Å². The lowest BCUT2D eigenvalue weighted by Gasteiger charge is -2.21. The minimum absolute atomic E-state index is 0.286. The topological polar surface area (TPSA) is 104 Å². The molecule has 0 heterocycles. The molecule has 0 rings (SSSR count). The van der Waals surface area contributed by atoms with Gasteiger partial charge in [-0.15, -0.1) is 0 Å². The second kappa shape index (κ2) is 28.0. The van der Waals surface area contributed by atoms with Crippen LogP contribution in [0.4, 0.5) is 0 Å². The zero-order valence-corrected chi connectivity index (χ0v) is 26.8. The molecule has 0 bridgehead atoms. The summed E-state index contributed by atoms with van der Waals surface area (Å²) in [7, 11) is -4.33. The van der Waals surface area contributed by atoms with Gasteiger partial charge in [-0.3, -0.25) is 9.35 Å². The van der Waals surface area contributed by atoms with Gasteiger partial charge in [0.15, 0.2) is 0 Å². The second-order valence-electron chi connectivity index (χ2n) is 11.4. The highest BCUT2D eigenvalue weighted by Gasteiger charge is 2.24. The van der Waals surface area contributed by atoms with Crippen molar-refractivity contribution in [1.82, 2.24) is 5.32 Å². The lowest BCUT2D eigenvalue weighted by Crippen LogP contribution is -2.46. The fourth-order valence-electron chi connectivity index (χ4n) is 4.85. The van der Waals surface area contributed by atoms with Crippen molar-refractivity contribution in [3.8, 4) is 0 Å². The number of amides is 1. The van der Waals surface area contributed by atoms with Gasteiger partial charge in [0.1, 0.15) is 0 Å². The molecule has 0 aliphatic rings. The molecule has 0 fully saturated rings. The molecular weight excluding hydrogens is 522 g/mol. The first-order valence-electron chi connectivity index (χ1n) is 16.5. The molecule has 1 amide bonds. The minimum Gasteiger partial charge on any atom is -0.387 e. The first-order chi connectivity index (χ1) is 19.3. The predicted octanol–water partition coefficient (Wildman–Crippen LogP) is 8.84. The maximum Gasteiger partial charge on any atom is 0.267 e. The minimum atomic E-state index is -4.33. The maximum atomic E-state index is 12.4. The Labute approximate surface area is 247 Å². The van der Waals surface area contributed by atoms with E-state index in [2.05, 4.69) is 31.3 Å². The summed E-state index contributed by atoms with van der Waals surface area (Å²) < 4.78 is 32.2. The van der Waals surface area contributed by atoms with Gasteiger partial charge in [-0.25, -0.2) is 0 Å². The van der Waals surface area contributed by atoms with Gasteiger partial charge in [0.2, 0.25) is 5.91 Å². The number of carbonyl (C=O) groups is 1. The molecule has 236 valence electrons. The van der Waals surface area contributed by atoms with E-state index in [1.807, 2.05) is 6.08 Å². The Bertz CT molecular complexity index is 735. The first kappa shape index (κ1) is 38.8. The van der Waals surface area contributed by atoms with Crippen LogP contribution >= 0.6 is 0 Å². The molecule has 0 saturated carbocycles. The van der Waals surface area contributed by atoms with Gasteiger partial charge in [0, 0.05) is 6.42 Å². The van der Waals surface area contributed by atoms with Crippen molar-refractivity contribution in [2.45, 2.75) is 174 Å². The Hall–Kier alpha value is -1.18. The van der Waals surface area contributed by atoms with Crippen LogP contribution in [-0.4, -0.2) is 41.9 Å². The molecule has 0 aliphatic heterocycles. The van der Waals surface area contributed by atoms with Crippen molar-refractivity contribution in [2.24, 2.45) is 0 Å². The Morgan fingerprint density at radius 1 is 0.650 bits per heavy atom. The van der Waals surface area contributed by atoms with Crippen molar-refractivity contribution < 1.29 is 22.9 Å². The van der Waals surface area contributed by atoms with E-state index in [9.17, 15) is 22.9 Å². The summed E-state index contributed by atoms with van der Waals surface area (Å²) in [6.07, 6.45) is 33.1. The predicted molar refractivity (Wildman–Crippen MR) is 170 cm³/mol. The summed E-state index contributed by atoms with van der Waals surface area (Å²) in [6.45, 7) is 4.45. The number of carbonyl (C=O) groups excluding carboxylic acids is 1. The molecule has 7 heteroatoms. The Kier molecular flexibility index (Phi) is 27.1. The largest absolute Gasteiger partial charge is 0.387 e. The van der Waals surface area contributed by atoms with E-state index in [0.717, 1.165) is 57.8 Å². The Balaban J connectivity index is 4.01. The third-order valence-corrected chi connectivity index (χ3v) is 8.15. The number of rotatable bonds is 29. The highest BCUT2D eigenvalue weighted by Crippen LogP contribution is 2.12. The van der Waals surface area contributed by atoms with Gasteiger partial charge in [-0.2, -0.15) is 8.42 Å². The zero-order chi connectivity index (χ0) is 29.7. The quantitative estimate of drug-likeness (QED) is 0.0462. The third kappa shape index (κ3) is 28.4. The smallest absolute Gasteiger partial charge is 0.267 e. The Morgan fingerprint density at radius 2 is 1.05 bits per heavy atom. The van der Waals surface area contributed by atoms with Gasteiger partial charge < -0.3 is 10.4 Å². The molecule has 0 aromatic heterocycles. The molecule has 2 atom stereocenters. The van der Waals surface area contributed by atoms with Crippen LogP contribution < -0.4 is 5.32 Å². The Morgan fingerprint density at radius 3 is 1.50 bits per heavy atom. The fraction of sp³-hybridized carbons (Fsp3) is 0.848. The van der Waals surface area contributed by atoms with E-state index in [0.29, 0.717) is 0 Å². The average molecular weight is 586 g/mol. The van der Waals surface area contributed by atoms with Crippen LogP contribution in [0, 0.1) is 0 Å². The van der Waals surface area contributed by atoms with Crippen LogP contribution in [0.15, 0.2) is 24.3 Å². The molecule has 0 radical (unpaired) electrons. The van der Waals surface area contributed by atoms with Crippen LogP contribution in [0.25, 0.3) is 0 Å². The van der Waals surface area contributed by atoms with E-state index in [1.165, 1.54) is 89.5 Å².